The van der Waals surface area contributed by atoms with E-state index in [1.54, 1.807) is 22.7 Å². The number of nitrogens with zero attached hydrogens (tertiary/aromatic N) is 4. The van der Waals surface area contributed by atoms with Crippen LogP contribution in [0.25, 0.3) is 31.1 Å². The standard InChI is InChI=1S/C21H23BrN6S2.ClH/c1-20-6-7-21(2,27-20)9-11(8-20)28(3)19-25-18-17(30-19)24-16(29-18)12-4-5-14(22)13-10-23-26-15(12)13;/h4-5,10-11,27H,6-9H2,1-3H3,(H,23,26);1H/t11?,20-,21+;. The van der Waals surface area contributed by atoms with E-state index in [1.165, 1.54) is 25.7 Å². The largest absolute Gasteiger partial charge is 0.348 e. The van der Waals surface area contributed by atoms with E-state index in [1.807, 2.05) is 6.20 Å². The third kappa shape index (κ3) is 3.49. The van der Waals surface area contributed by atoms with Crippen molar-refractivity contribution in [1.82, 2.24) is 25.5 Å². The van der Waals surface area contributed by atoms with Gasteiger partial charge in [0.2, 0.25) is 0 Å². The van der Waals surface area contributed by atoms with Crippen LogP contribution in [0.15, 0.2) is 22.8 Å². The molecule has 2 saturated heterocycles. The number of hydrogen-bond donors (Lipinski definition) is 2. The molecule has 1 aromatic carbocycles. The van der Waals surface area contributed by atoms with Crippen LogP contribution in [-0.2, 0) is 0 Å². The maximum atomic E-state index is 4.98. The van der Waals surface area contributed by atoms with Crippen molar-refractivity contribution in [2.24, 2.45) is 0 Å². The molecule has 164 valence electrons. The molecular formula is C21H24BrClN6S2. The normalized spacial score (nSPS) is 27.7. The van der Waals surface area contributed by atoms with E-state index in [9.17, 15) is 0 Å². The minimum Gasteiger partial charge on any atom is -0.348 e. The molecule has 0 radical (unpaired) electrons. The Morgan fingerprint density at radius 1 is 1.10 bits per heavy atom. The molecule has 0 saturated carbocycles. The number of hydrogen-bond acceptors (Lipinski definition) is 7. The lowest BCUT2D eigenvalue weighted by atomic mass is 9.84. The van der Waals surface area contributed by atoms with Gasteiger partial charge in [0.1, 0.15) is 5.01 Å². The highest BCUT2D eigenvalue weighted by Gasteiger charge is 2.49. The maximum Gasteiger partial charge on any atom is 0.188 e. The van der Waals surface area contributed by atoms with Crippen LogP contribution in [0.2, 0.25) is 0 Å². The predicted molar refractivity (Wildman–Crippen MR) is 136 cm³/mol. The first kappa shape index (κ1) is 21.6. The van der Waals surface area contributed by atoms with Gasteiger partial charge in [0.25, 0.3) is 0 Å². The van der Waals surface area contributed by atoms with Crippen LogP contribution in [0.5, 0.6) is 0 Å². The Hall–Kier alpha value is -1.26. The number of piperidine rings is 1. The molecule has 10 heteroatoms. The van der Waals surface area contributed by atoms with E-state index in [2.05, 4.69) is 69.4 Å². The SMILES string of the molecule is CN(c1nc2sc(-c3ccc(Br)c4cn[nH]c34)nc2s1)C1C[C@]2(C)CC[C@](C)(C1)N2.Cl. The van der Waals surface area contributed by atoms with Gasteiger partial charge in [-0.3, -0.25) is 5.10 Å². The van der Waals surface area contributed by atoms with Crippen molar-refractivity contribution in [2.45, 2.75) is 56.7 Å². The monoisotopic (exact) mass is 538 g/mol. The van der Waals surface area contributed by atoms with E-state index in [0.29, 0.717) is 6.04 Å². The van der Waals surface area contributed by atoms with Crippen LogP contribution >= 0.6 is 51.0 Å². The summed E-state index contributed by atoms with van der Waals surface area (Å²) in [5.74, 6) is 0. The van der Waals surface area contributed by atoms with Crippen LogP contribution in [0.3, 0.4) is 0 Å². The van der Waals surface area contributed by atoms with Gasteiger partial charge in [0.05, 0.1) is 11.7 Å². The van der Waals surface area contributed by atoms with Gasteiger partial charge < -0.3 is 10.2 Å². The fraction of sp³-hybridized carbons (Fsp3) is 0.476. The molecule has 1 unspecified atom stereocenters. The highest BCUT2D eigenvalue weighted by molar-refractivity contribution is 9.10. The first-order chi connectivity index (χ1) is 14.3. The van der Waals surface area contributed by atoms with Gasteiger partial charge in [0.15, 0.2) is 14.8 Å². The predicted octanol–water partition coefficient (Wildman–Crippen LogP) is 5.98. The van der Waals surface area contributed by atoms with Gasteiger partial charge in [-0.15, -0.1) is 12.4 Å². The van der Waals surface area contributed by atoms with Gasteiger partial charge >= 0.3 is 0 Å². The third-order valence-electron chi connectivity index (χ3n) is 6.81. The van der Waals surface area contributed by atoms with E-state index in [-0.39, 0.29) is 23.5 Å². The fourth-order valence-corrected chi connectivity index (χ4v) is 7.87. The Morgan fingerprint density at radius 2 is 1.81 bits per heavy atom. The molecule has 0 spiro atoms. The van der Waals surface area contributed by atoms with E-state index in [4.69, 9.17) is 9.97 Å². The summed E-state index contributed by atoms with van der Waals surface area (Å²) in [5.41, 5.74) is 2.59. The Kier molecular flexibility index (Phi) is 5.14. The molecule has 31 heavy (non-hydrogen) atoms. The number of fused-ring (bicyclic) bond motifs is 4. The molecule has 2 aliphatic heterocycles. The van der Waals surface area contributed by atoms with Gasteiger partial charge in [-0.05, 0) is 51.7 Å². The number of aromatic amines is 1. The second-order valence-electron chi connectivity index (χ2n) is 9.30. The zero-order chi connectivity index (χ0) is 20.7. The third-order valence-corrected chi connectivity index (χ3v) is 9.65. The summed E-state index contributed by atoms with van der Waals surface area (Å²) in [4.78, 5) is 14.3. The number of rotatable bonds is 3. The lowest BCUT2D eigenvalue weighted by Crippen LogP contribution is -2.58. The Balaban J connectivity index is 0.00000204. The highest BCUT2D eigenvalue weighted by Crippen LogP contribution is 2.45. The number of thiazole rings is 2. The van der Waals surface area contributed by atoms with Gasteiger partial charge in [0, 0.05) is 39.6 Å². The number of nitrogens with one attached hydrogen (secondary N) is 2. The average Bonchev–Trinajstić information content (AvgIpc) is 3.43. The Labute approximate surface area is 203 Å². The number of halogens is 2. The number of H-pyrrole nitrogens is 1. The van der Waals surface area contributed by atoms with E-state index >= 15 is 0 Å². The highest BCUT2D eigenvalue weighted by atomic mass is 79.9. The molecule has 6 nitrogen and oxygen atoms in total. The van der Waals surface area contributed by atoms with Gasteiger partial charge in [-0.1, -0.05) is 38.6 Å². The summed E-state index contributed by atoms with van der Waals surface area (Å²) < 4.78 is 1.04. The summed E-state index contributed by atoms with van der Waals surface area (Å²) in [5, 5.41) is 14.3. The molecular weight excluding hydrogens is 516 g/mol. The molecule has 0 amide bonds. The van der Waals surface area contributed by atoms with Crippen molar-refractivity contribution in [3.63, 3.8) is 0 Å². The second kappa shape index (κ2) is 7.38. The Morgan fingerprint density at radius 3 is 2.52 bits per heavy atom. The molecule has 4 aromatic rings. The molecule has 2 N–H and O–H groups in total. The number of benzene rings is 1. The lowest BCUT2D eigenvalue weighted by molar-refractivity contribution is 0.208. The van der Waals surface area contributed by atoms with Crippen molar-refractivity contribution < 1.29 is 0 Å². The molecule has 6 rings (SSSR count). The van der Waals surface area contributed by atoms with Crippen LogP contribution in [-0.4, -0.2) is 44.3 Å². The van der Waals surface area contributed by atoms with E-state index < -0.39 is 0 Å². The zero-order valence-electron chi connectivity index (χ0n) is 17.5. The molecule has 3 aromatic heterocycles. The fourth-order valence-electron chi connectivity index (χ4n) is 5.33. The van der Waals surface area contributed by atoms with Crippen molar-refractivity contribution in [3.05, 3.63) is 22.8 Å². The van der Waals surface area contributed by atoms with Crippen molar-refractivity contribution >= 4 is 76.7 Å². The summed E-state index contributed by atoms with van der Waals surface area (Å²) >= 11 is 6.96. The topological polar surface area (TPSA) is 69.7 Å². The molecule has 2 fully saturated rings. The van der Waals surface area contributed by atoms with Crippen LogP contribution in [0, 0.1) is 0 Å². The molecule has 2 aliphatic rings. The number of aromatic nitrogens is 4. The summed E-state index contributed by atoms with van der Waals surface area (Å²) in [6, 6.07) is 4.66. The molecule has 3 atom stereocenters. The zero-order valence-corrected chi connectivity index (χ0v) is 21.6. The van der Waals surface area contributed by atoms with E-state index in [0.717, 1.165) is 40.7 Å². The lowest BCUT2D eigenvalue weighted by Gasteiger charge is -2.45. The van der Waals surface area contributed by atoms with Gasteiger partial charge in [-0.2, -0.15) is 5.10 Å². The molecule has 2 bridgehead atoms. The summed E-state index contributed by atoms with van der Waals surface area (Å²) in [7, 11) is 2.20. The number of anilines is 1. The molecule has 0 aliphatic carbocycles. The Bertz CT molecular complexity index is 1230. The molecule has 5 heterocycles. The minimum atomic E-state index is 0. The van der Waals surface area contributed by atoms with Crippen LogP contribution in [0.1, 0.15) is 39.5 Å². The summed E-state index contributed by atoms with van der Waals surface area (Å²) in [6.07, 6.45) is 6.71. The van der Waals surface area contributed by atoms with Crippen LogP contribution < -0.4 is 10.2 Å². The van der Waals surface area contributed by atoms with Crippen molar-refractivity contribution in [2.75, 3.05) is 11.9 Å². The average molecular weight is 540 g/mol. The first-order valence-corrected chi connectivity index (χ1v) is 12.7. The van der Waals surface area contributed by atoms with Gasteiger partial charge in [-0.25, -0.2) is 9.97 Å². The first-order valence-electron chi connectivity index (χ1n) is 10.2. The smallest absolute Gasteiger partial charge is 0.188 e. The van der Waals surface area contributed by atoms with Crippen LogP contribution in [0.4, 0.5) is 5.13 Å². The summed E-state index contributed by atoms with van der Waals surface area (Å²) in [6.45, 7) is 4.75. The quantitative estimate of drug-likeness (QED) is 0.335. The maximum absolute atomic E-state index is 4.98. The van der Waals surface area contributed by atoms with Crippen molar-refractivity contribution in [3.8, 4) is 10.6 Å². The minimum absolute atomic E-state index is 0. The van der Waals surface area contributed by atoms with Crippen molar-refractivity contribution in [1.29, 1.82) is 0 Å². The second-order valence-corrected chi connectivity index (χ2v) is 12.1.